The van der Waals surface area contributed by atoms with Crippen LogP contribution in [0.3, 0.4) is 0 Å². The van der Waals surface area contributed by atoms with Gasteiger partial charge in [-0.2, -0.15) is 16.9 Å². The molecule has 0 amide bonds. The molecule has 0 unspecified atom stereocenters. The molecule has 2 fully saturated rings. The molecule has 0 saturated carbocycles. The number of methoxy groups -OCH3 is 2. The minimum absolute atomic E-state index is 0. The van der Waals surface area contributed by atoms with E-state index >= 15 is 0 Å². The Morgan fingerprint density at radius 3 is 1.47 bits per heavy atom. The minimum Gasteiger partial charge on any atom is -1.00 e. The molecule has 7 N–H and O–H groups in total. The van der Waals surface area contributed by atoms with Gasteiger partial charge in [-0.15, -0.1) is 0 Å². The van der Waals surface area contributed by atoms with E-state index in [0.717, 1.165) is 49.3 Å². The number of nitrogens with two attached hydrogens (primary N) is 2. The van der Waals surface area contributed by atoms with Crippen molar-refractivity contribution < 1.29 is 53.5 Å². The molecule has 0 radical (unpaired) electrons. The first-order valence-electron chi connectivity index (χ1n) is 26.7. The number of nitrogens with zero attached hydrogens (tertiary/aromatic N) is 10. The second-order valence-electron chi connectivity index (χ2n) is 17.0. The molecule has 0 bridgehead atoms. The first-order valence-corrected chi connectivity index (χ1v) is 28.6. The van der Waals surface area contributed by atoms with Gasteiger partial charge in [-0.1, -0.05) is 44.0 Å². The average molecular weight is 1370 g/mol. The van der Waals surface area contributed by atoms with Gasteiger partial charge in [0.2, 0.25) is 21.8 Å². The van der Waals surface area contributed by atoms with E-state index in [4.69, 9.17) is 82.7 Å². The number of aryl methyl sites for hydroxylation is 3. The van der Waals surface area contributed by atoms with Crippen LogP contribution < -0.4 is 63.3 Å². The van der Waals surface area contributed by atoms with Gasteiger partial charge in [-0.05, 0) is 150 Å². The summed E-state index contributed by atoms with van der Waals surface area (Å²) in [5, 5.41) is 8.02. The molecular formula is C55H77BrCl5F4MgN15O4. The summed E-state index contributed by atoms with van der Waals surface area (Å²) in [6.07, 6.45) is 9.62. The molecule has 30 heteroatoms. The fourth-order valence-corrected chi connectivity index (χ4v) is 8.47. The van der Waals surface area contributed by atoms with Crippen LogP contribution in [-0.4, -0.2) is 161 Å². The topological polar surface area (TPSA) is 235 Å². The summed E-state index contributed by atoms with van der Waals surface area (Å²) in [7, 11) is 7.98. The summed E-state index contributed by atoms with van der Waals surface area (Å²) < 4.78 is 74.8. The van der Waals surface area contributed by atoms with Crippen molar-refractivity contribution in [3.05, 3.63) is 116 Å². The second kappa shape index (κ2) is 45.7. The Kier molecular flexibility index (Phi) is 43.3. The van der Waals surface area contributed by atoms with Crippen molar-refractivity contribution in [2.24, 2.45) is 5.73 Å². The third-order valence-electron chi connectivity index (χ3n) is 11.6. The molecule has 2 aliphatic rings. The maximum absolute atomic E-state index is 14.2. The molecule has 8 rings (SSSR count). The first-order chi connectivity index (χ1) is 40.0. The normalized spacial score (nSPS) is 12.0. The number of halogens is 10. The van der Waals surface area contributed by atoms with Crippen LogP contribution in [0.25, 0.3) is 0 Å². The number of benzene rings is 2. The number of nitrogen functional groups attached to an aromatic ring is 1. The third-order valence-corrected chi connectivity index (χ3v) is 12.6. The molecule has 6 aromatic rings. The molecule has 6 heterocycles. The van der Waals surface area contributed by atoms with Gasteiger partial charge in [0.15, 0.2) is 68.2 Å². The van der Waals surface area contributed by atoms with E-state index in [0.29, 0.717) is 67.0 Å². The van der Waals surface area contributed by atoms with E-state index in [-0.39, 0.29) is 83.5 Å². The Bertz CT molecular complexity index is 2800. The van der Waals surface area contributed by atoms with Gasteiger partial charge < -0.3 is 80.1 Å². The summed E-state index contributed by atoms with van der Waals surface area (Å²) in [6, 6.07) is 11.0. The van der Waals surface area contributed by atoms with Crippen LogP contribution >= 0.6 is 58.0 Å². The van der Waals surface area contributed by atoms with E-state index in [1.165, 1.54) is 58.9 Å². The molecule has 19 nitrogen and oxygen atoms in total. The van der Waals surface area contributed by atoms with Crippen molar-refractivity contribution in [1.29, 1.82) is 0 Å². The van der Waals surface area contributed by atoms with Crippen molar-refractivity contribution in [3.63, 3.8) is 0 Å². The van der Waals surface area contributed by atoms with E-state index in [1.54, 1.807) is 49.1 Å². The molecule has 2 aliphatic heterocycles. The SMILES string of the molecule is CCc1nc(Cl)nc(Cl)c1F.CCc1nc(Cl)nc(NC)c1F.CCc1nc(Nc2ccc(OC)c(OCCCN3CCCC3)c2)nc(NC)c1F.CN.COc1ccc(N)cc1OCCCN1CCCC1.Fc1cnc(Cl)nc1Cl.[Br-].[CH2-]C.[Mg+2]. The van der Waals surface area contributed by atoms with E-state index in [9.17, 15) is 17.6 Å². The van der Waals surface area contributed by atoms with Crippen LogP contribution in [0.2, 0.25) is 26.2 Å². The van der Waals surface area contributed by atoms with Crippen molar-refractivity contribution in [1.82, 2.24) is 49.7 Å². The number of aromatic nitrogens is 8. The summed E-state index contributed by atoms with van der Waals surface area (Å²) in [5.74, 6) is 1.36. The van der Waals surface area contributed by atoms with Crippen molar-refractivity contribution >= 4 is 110 Å². The van der Waals surface area contributed by atoms with Crippen molar-refractivity contribution in [2.75, 3.05) is 110 Å². The Balaban J connectivity index is 0.00000109. The average Bonchev–Trinajstić information content (AvgIpc) is 4.32. The zero-order valence-electron chi connectivity index (χ0n) is 49.5. The quantitative estimate of drug-likeness (QED) is 0.00966. The number of rotatable bonds is 19. The zero-order chi connectivity index (χ0) is 61.9. The maximum atomic E-state index is 14.2. The summed E-state index contributed by atoms with van der Waals surface area (Å²) in [6.45, 7) is 18.8. The molecule has 4 aromatic heterocycles. The van der Waals surface area contributed by atoms with Gasteiger partial charge in [0, 0.05) is 50.7 Å². The minimum atomic E-state index is -0.666. The van der Waals surface area contributed by atoms with E-state index in [2.05, 4.69) is 78.3 Å². The molecule has 2 aromatic carbocycles. The summed E-state index contributed by atoms with van der Waals surface area (Å²) in [4.78, 5) is 34.6. The van der Waals surface area contributed by atoms with E-state index < -0.39 is 23.3 Å². The van der Waals surface area contributed by atoms with Gasteiger partial charge in [0.25, 0.3) is 0 Å². The fourth-order valence-electron chi connectivity index (χ4n) is 7.56. The Labute approximate surface area is 549 Å². The van der Waals surface area contributed by atoms with Gasteiger partial charge >= 0.3 is 23.1 Å². The number of hydrogen-bond donors (Lipinski definition) is 5. The number of hydrogen-bond acceptors (Lipinski definition) is 19. The molecule has 468 valence electrons. The largest absolute Gasteiger partial charge is 2.00 e. The Hall–Kier alpha value is -4.54. The van der Waals surface area contributed by atoms with Crippen LogP contribution in [0.4, 0.5) is 46.5 Å². The number of likely N-dealkylation sites (tertiary alicyclic amines) is 2. The number of nitrogens with one attached hydrogen (secondary N) is 3. The predicted octanol–water partition coefficient (Wildman–Crippen LogP) is 9.30. The molecule has 0 atom stereocenters. The van der Waals surface area contributed by atoms with Crippen LogP contribution in [0, 0.1) is 30.2 Å². The summed E-state index contributed by atoms with van der Waals surface area (Å²) >= 11 is 26.8. The van der Waals surface area contributed by atoms with Gasteiger partial charge in [0.1, 0.15) is 0 Å². The molecule has 0 aliphatic carbocycles. The van der Waals surface area contributed by atoms with Crippen molar-refractivity contribution in [3.8, 4) is 23.0 Å². The number of anilines is 5. The van der Waals surface area contributed by atoms with Crippen LogP contribution in [0.5, 0.6) is 23.0 Å². The standard InChI is InChI=1S/C21H30FN5O2.C14H22N2O2.C7H9ClFN3.C6H5Cl2FN2.C4HCl2FN2.C2H5.CH5N.BrH.Mg/c1-4-16-19(22)20(23-2)26-21(25-16)24-15-8-9-17(28-3)18(14-15)29-13-7-12-27-10-5-6-11-27;1-17-13-6-5-12(15)11-14(13)18-10-4-9-16-7-2-3-8-16;1-3-4-5(9)6(10-2)12-7(8)11-4;1-2-3-4(9)5(7)11-6(8)10-3;5-3-2(7)1-8-4(6)9-3;2*1-2;;/h8-9,14H,4-7,10-13H2,1-3H3,(H2,23,24,25,26);5-6,11H,2-4,7-10,15H2,1H3;3H2,1-2H3,(H,10,11,12);2H2,1H3;1H;1H2,2H3;2H2,1H3;1H;/q;;;;;-1;;;+2/p-1. The maximum Gasteiger partial charge on any atom is 2.00 e. The molecule has 85 heavy (non-hydrogen) atoms. The third kappa shape index (κ3) is 28.9. The van der Waals surface area contributed by atoms with Gasteiger partial charge in [-0.3, -0.25) is 0 Å². The molecular weight excluding hydrogens is 1290 g/mol. The molecule has 2 saturated heterocycles. The van der Waals surface area contributed by atoms with Gasteiger partial charge in [-0.25, -0.2) is 47.5 Å². The van der Waals surface area contributed by atoms with Crippen LogP contribution in [-0.2, 0) is 19.3 Å². The monoisotopic (exact) mass is 1370 g/mol. The Morgan fingerprint density at radius 2 is 1.01 bits per heavy atom. The van der Waals surface area contributed by atoms with Gasteiger partial charge in [0.05, 0.1) is 50.7 Å². The second-order valence-corrected chi connectivity index (χ2v) is 18.8. The van der Waals surface area contributed by atoms with Crippen molar-refractivity contribution in [2.45, 2.75) is 85.5 Å². The fraction of sp³-hybridized carbons (Fsp3) is 0.473. The molecule has 0 spiro atoms. The van der Waals surface area contributed by atoms with Crippen LogP contribution in [0.1, 0.15) is 83.3 Å². The predicted molar refractivity (Wildman–Crippen MR) is 332 cm³/mol. The Morgan fingerprint density at radius 1 is 0.576 bits per heavy atom. The smallest absolute Gasteiger partial charge is 1.00 e. The zero-order valence-corrected chi connectivity index (χ0v) is 56.3. The summed E-state index contributed by atoms with van der Waals surface area (Å²) in [5.41, 5.74) is 12.6. The first kappa shape index (κ1) is 80.5. The van der Waals surface area contributed by atoms with Crippen LogP contribution in [0.15, 0.2) is 42.6 Å². The van der Waals surface area contributed by atoms with E-state index in [1.807, 2.05) is 43.3 Å². The number of ether oxygens (including phenoxy) is 4.